The first kappa shape index (κ1) is 18.9. The molecule has 2 heterocycles. The molecule has 0 spiro atoms. The minimum atomic E-state index is -0.862. The lowest BCUT2D eigenvalue weighted by atomic mass is 9.86. The lowest BCUT2D eigenvalue weighted by molar-refractivity contribution is -0.00940. The zero-order chi connectivity index (χ0) is 19.2. The number of carboxylic acid groups (broad SMARTS) is 1. The van der Waals surface area contributed by atoms with Gasteiger partial charge in [0.1, 0.15) is 5.82 Å². The van der Waals surface area contributed by atoms with Crippen LogP contribution in [0, 0.1) is 5.92 Å². The van der Waals surface area contributed by atoms with Crippen molar-refractivity contribution < 1.29 is 14.6 Å². The Morgan fingerprint density at radius 3 is 2.81 bits per heavy atom. The maximum atomic E-state index is 11.6. The number of rotatable bonds is 5. The zero-order valence-corrected chi connectivity index (χ0v) is 16.5. The maximum Gasteiger partial charge on any atom is 0.407 e. The van der Waals surface area contributed by atoms with Crippen LogP contribution in [0.5, 0.6) is 0 Å². The number of nitrogens with one attached hydrogen (secondary N) is 1. The van der Waals surface area contributed by atoms with Crippen molar-refractivity contribution in [3.63, 3.8) is 0 Å². The number of aromatic nitrogens is 2. The molecule has 27 heavy (non-hydrogen) atoms. The van der Waals surface area contributed by atoms with Gasteiger partial charge in [0.15, 0.2) is 0 Å². The third-order valence-electron chi connectivity index (χ3n) is 6.74. The molecule has 3 aliphatic rings. The molecular formula is C19H27ClN4O3. The van der Waals surface area contributed by atoms with E-state index in [9.17, 15) is 9.90 Å². The molecule has 7 nitrogen and oxygen atoms in total. The lowest BCUT2D eigenvalue weighted by Crippen LogP contribution is -2.48. The standard InChI is InChI=1S/C19H27ClN4O3/c1-11-5-15(21-2)16(24(11)18(25)26)10-27-14-3-4-19(7-12(19)6-14)17-22-8-13(20)9-23-17/h8-9,11-12,14-16,21H,3-7,10H2,1-2H3,(H,25,26). The van der Waals surface area contributed by atoms with Gasteiger partial charge in [0.05, 0.1) is 23.8 Å². The predicted molar refractivity (Wildman–Crippen MR) is 101 cm³/mol. The van der Waals surface area contributed by atoms with Crippen LogP contribution in [0.25, 0.3) is 0 Å². The molecule has 6 unspecified atom stereocenters. The number of hydrogen-bond acceptors (Lipinski definition) is 5. The summed E-state index contributed by atoms with van der Waals surface area (Å²) in [5, 5.41) is 13.4. The third-order valence-corrected chi connectivity index (χ3v) is 6.94. The van der Waals surface area contributed by atoms with Crippen LogP contribution in [0.2, 0.25) is 5.02 Å². The van der Waals surface area contributed by atoms with Crippen molar-refractivity contribution in [2.75, 3.05) is 13.7 Å². The van der Waals surface area contributed by atoms with E-state index in [1.807, 2.05) is 14.0 Å². The van der Waals surface area contributed by atoms with Crippen molar-refractivity contribution in [1.82, 2.24) is 20.2 Å². The summed E-state index contributed by atoms with van der Waals surface area (Å²) in [6, 6.07) is 0.0215. The Hall–Kier alpha value is -1.44. The SMILES string of the molecule is CNC1CC(C)N(C(=O)O)C1COC1CCC2(c3ncc(Cl)cn3)CC2C1. The summed E-state index contributed by atoms with van der Waals surface area (Å²) in [6.45, 7) is 2.41. The lowest BCUT2D eigenvalue weighted by Gasteiger charge is -2.32. The Kier molecular flexibility index (Phi) is 5.03. The van der Waals surface area contributed by atoms with E-state index in [2.05, 4.69) is 15.3 Å². The first-order chi connectivity index (χ1) is 12.9. The van der Waals surface area contributed by atoms with Gasteiger partial charge in [0.25, 0.3) is 0 Å². The fourth-order valence-electron chi connectivity index (χ4n) is 5.19. The van der Waals surface area contributed by atoms with E-state index in [1.165, 1.54) is 0 Å². The number of halogens is 1. The van der Waals surface area contributed by atoms with Gasteiger partial charge in [-0.3, -0.25) is 4.90 Å². The molecule has 3 fully saturated rings. The van der Waals surface area contributed by atoms with Crippen molar-refractivity contribution in [3.05, 3.63) is 23.2 Å². The van der Waals surface area contributed by atoms with Crippen molar-refractivity contribution in [1.29, 1.82) is 0 Å². The topological polar surface area (TPSA) is 87.6 Å². The van der Waals surface area contributed by atoms with Crippen LogP contribution in [0.3, 0.4) is 0 Å². The highest BCUT2D eigenvalue weighted by Crippen LogP contribution is 2.61. The molecule has 0 radical (unpaired) electrons. The third kappa shape index (κ3) is 3.41. The molecule has 1 aromatic heterocycles. The molecule has 2 N–H and O–H groups in total. The average molecular weight is 395 g/mol. The van der Waals surface area contributed by atoms with Crippen LogP contribution >= 0.6 is 11.6 Å². The summed E-state index contributed by atoms with van der Waals surface area (Å²) in [4.78, 5) is 22.1. The Balaban J connectivity index is 1.35. The predicted octanol–water partition coefficient (Wildman–Crippen LogP) is 2.69. The number of likely N-dealkylation sites (N-methyl/N-ethyl adjacent to an activating group) is 1. The number of carbonyl (C=O) groups is 1. The molecule has 2 aliphatic carbocycles. The molecule has 1 amide bonds. The van der Waals surface area contributed by atoms with Crippen LogP contribution in [-0.4, -0.2) is 64.0 Å². The van der Waals surface area contributed by atoms with Gasteiger partial charge in [0.2, 0.25) is 0 Å². The van der Waals surface area contributed by atoms with E-state index in [-0.39, 0.29) is 29.6 Å². The van der Waals surface area contributed by atoms with Crippen LogP contribution in [0.15, 0.2) is 12.4 Å². The van der Waals surface area contributed by atoms with Crippen LogP contribution in [0.1, 0.15) is 44.9 Å². The number of hydrogen-bond donors (Lipinski definition) is 2. The van der Waals surface area contributed by atoms with Gasteiger partial charge in [-0.25, -0.2) is 14.8 Å². The fourth-order valence-corrected chi connectivity index (χ4v) is 5.28. The summed E-state index contributed by atoms with van der Waals surface area (Å²) in [5.41, 5.74) is 0.104. The highest BCUT2D eigenvalue weighted by molar-refractivity contribution is 6.30. The quantitative estimate of drug-likeness (QED) is 0.798. The number of nitrogens with zero attached hydrogens (tertiary/aromatic N) is 3. The molecule has 1 saturated heterocycles. The van der Waals surface area contributed by atoms with Crippen LogP contribution in [-0.2, 0) is 10.2 Å². The Labute approximate surface area is 164 Å². The van der Waals surface area contributed by atoms with Gasteiger partial charge >= 0.3 is 6.09 Å². The normalized spacial score (nSPS) is 37.9. The fraction of sp³-hybridized carbons (Fsp3) is 0.737. The minimum absolute atomic E-state index is 0.0121. The Morgan fingerprint density at radius 1 is 1.44 bits per heavy atom. The van der Waals surface area contributed by atoms with Gasteiger partial charge in [0, 0.05) is 29.9 Å². The van der Waals surface area contributed by atoms with Gasteiger partial charge < -0.3 is 15.2 Å². The summed E-state index contributed by atoms with van der Waals surface area (Å²) >= 11 is 5.91. The molecule has 148 valence electrons. The van der Waals surface area contributed by atoms with E-state index in [0.29, 0.717) is 17.5 Å². The van der Waals surface area contributed by atoms with Crippen molar-refractivity contribution in [2.45, 2.75) is 68.7 Å². The molecule has 2 saturated carbocycles. The Morgan fingerprint density at radius 2 is 2.19 bits per heavy atom. The van der Waals surface area contributed by atoms with Gasteiger partial charge in [-0.2, -0.15) is 0 Å². The minimum Gasteiger partial charge on any atom is -0.465 e. The molecular weight excluding hydrogens is 368 g/mol. The molecule has 1 aromatic rings. The summed E-state index contributed by atoms with van der Waals surface area (Å²) in [7, 11) is 1.89. The summed E-state index contributed by atoms with van der Waals surface area (Å²) in [6.07, 6.45) is 7.57. The van der Waals surface area contributed by atoms with E-state index >= 15 is 0 Å². The van der Waals surface area contributed by atoms with Crippen LogP contribution in [0.4, 0.5) is 4.79 Å². The smallest absolute Gasteiger partial charge is 0.407 e. The second-order valence-electron chi connectivity index (χ2n) is 8.25. The van der Waals surface area contributed by atoms with Crippen molar-refractivity contribution in [2.24, 2.45) is 5.92 Å². The second kappa shape index (κ2) is 7.18. The molecule has 1 aliphatic heterocycles. The zero-order valence-electron chi connectivity index (χ0n) is 15.8. The van der Waals surface area contributed by atoms with E-state index in [1.54, 1.807) is 17.3 Å². The monoisotopic (exact) mass is 394 g/mol. The average Bonchev–Trinajstić information content (AvgIpc) is 3.29. The van der Waals surface area contributed by atoms with Gasteiger partial charge in [-0.15, -0.1) is 0 Å². The highest BCUT2D eigenvalue weighted by atomic mass is 35.5. The number of amides is 1. The first-order valence-electron chi connectivity index (χ1n) is 9.72. The number of ether oxygens (including phenoxy) is 1. The molecule has 4 rings (SSSR count). The van der Waals surface area contributed by atoms with Gasteiger partial charge in [-0.05, 0) is 52.0 Å². The number of fused-ring (bicyclic) bond motifs is 1. The largest absolute Gasteiger partial charge is 0.465 e. The van der Waals surface area contributed by atoms with E-state index in [4.69, 9.17) is 16.3 Å². The van der Waals surface area contributed by atoms with Crippen molar-refractivity contribution in [3.8, 4) is 0 Å². The highest BCUT2D eigenvalue weighted by Gasteiger charge is 2.60. The van der Waals surface area contributed by atoms with Crippen molar-refractivity contribution >= 4 is 17.7 Å². The second-order valence-corrected chi connectivity index (χ2v) is 8.69. The number of likely N-dealkylation sites (tertiary alicyclic amines) is 1. The molecule has 8 heteroatoms. The van der Waals surface area contributed by atoms with Gasteiger partial charge in [-0.1, -0.05) is 11.6 Å². The maximum absolute atomic E-state index is 11.6. The van der Waals surface area contributed by atoms with E-state index in [0.717, 1.165) is 37.9 Å². The summed E-state index contributed by atoms with van der Waals surface area (Å²) < 4.78 is 6.22. The van der Waals surface area contributed by atoms with E-state index < -0.39 is 6.09 Å². The first-order valence-corrected chi connectivity index (χ1v) is 10.1. The molecule has 6 atom stereocenters. The van der Waals surface area contributed by atoms with Crippen LogP contribution < -0.4 is 5.32 Å². The Bertz CT molecular complexity index is 703. The molecule has 0 bridgehead atoms. The summed E-state index contributed by atoms with van der Waals surface area (Å²) in [5.74, 6) is 1.46. The molecule has 0 aromatic carbocycles.